The molecule has 7 nitrogen and oxygen atoms in total. The van der Waals surface area contributed by atoms with Crippen LogP contribution < -0.4 is 11.1 Å². The molecule has 0 saturated carbocycles. The van der Waals surface area contributed by atoms with Gasteiger partial charge in [0.1, 0.15) is 12.4 Å². The van der Waals surface area contributed by atoms with E-state index in [1.54, 1.807) is 12.4 Å². The van der Waals surface area contributed by atoms with Gasteiger partial charge in [-0.2, -0.15) is 0 Å². The number of nitrogens with two attached hydrogens (primary N) is 1. The van der Waals surface area contributed by atoms with Gasteiger partial charge in [0, 0.05) is 12.7 Å². The van der Waals surface area contributed by atoms with Gasteiger partial charge in [0.15, 0.2) is 0 Å². The Hall–Kier alpha value is -2.28. The Balaban J connectivity index is 1.99. The van der Waals surface area contributed by atoms with Gasteiger partial charge in [-0.1, -0.05) is 11.3 Å². The molecule has 0 aromatic carbocycles. The van der Waals surface area contributed by atoms with Crippen molar-refractivity contribution in [2.24, 2.45) is 5.73 Å². The van der Waals surface area contributed by atoms with Crippen molar-refractivity contribution < 1.29 is 4.79 Å². The molecule has 2 aromatic heterocycles. The maximum atomic E-state index is 11.8. The molecule has 0 aliphatic heterocycles. The fourth-order valence-electron chi connectivity index (χ4n) is 1.44. The number of carbonyl (C=O) groups is 1. The first-order valence-electron chi connectivity index (χ1n) is 5.49. The molecule has 0 radical (unpaired) electrons. The number of nitrogens with one attached hydrogen (secondary N) is 1. The molecular weight excluding hydrogens is 232 g/mol. The van der Waals surface area contributed by atoms with Crippen molar-refractivity contribution in [2.75, 3.05) is 5.32 Å². The summed E-state index contributed by atoms with van der Waals surface area (Å²) in [6, 6.07) is 3.69. The number of hydrogen-bond donors (Lipinski definition) is 2. The third kappa shape index (κ3) is 2.89. The lowest BCUT2D eigenvalue weighted by molar-refractivity contribution is -0.117. The standard InChI is InChI=1S/C11H14N6O/c1-8-3-2-4-13-11(8)14-10(18)7-17-6-9(5-12)15-16-17/h2-4,6H,5,7,12H2,1H3,(H,13,14,18). The molecule has 0 aliphatic carbocycles. The van der Waals surface area contributed by atoms with Crippen molar-refractivity contribution in [3.05, 3.63) is 35.8 Å². The summed E-state index contributed by atoms with van der Waals surface area (Å²) in [4.78, 5) is 15.8. The number of aromatic nitrogens is 4. The monoisotopic (exact) mass is 246 g/mol. The summed E-state index contributed by atoms with van der Waals surface area (Å²) in [5.41, 5.74) is 6.97. The maximum Gasteiger partial charge on any atom is 0.247 e. The normalized spacial score (nSPS) is 10.3. The highest BCUT2D eigenvalue weighted by Crippen LogP contribution is 2.08. The summed E-state index contributed by atoms with van der Waals surface area (Å²) in [6.45, 7) is 2.27. The van der Waals surface area contributed by atoms with Gasteiger partial charge in [0.25, 0.3) is 0 Å². The first-order valence-corrected chi connectivity index (χ1v) is 5.49. The van der Waals surface area contributed by atoms with Crippen molar-refractivity contribution in [3.8, 4) is 0 Å². The Labute approximate surface area is 104 Å². The number of carbonyl (C=O) groups excluding carboxylic acids is 1. The zero-order chi connectivity index (χ0) is 13.0. The van der Waals surface area contributed by atoms with Crippen LogP contribution in [0.2, 0.25) is 0 Å². The molecule has 0 fully saturated rings. The number of rotatable bonds is 4. The van der Waals surface area contributed by atoms with Crippen LogP contribution in [0.4, 0.5) is 5.82 Å². The molecule has 0 atom stereocenters. The molecule has 0 aliphatic rings. The second-order valence-corrected chi connectivity index (χ2v) is 3.83. The van der Waals surface area contributed by atoms with E-state index in [9.17, 15) is 4.79 Å². The highest BCUT2D eigenvalue weighted by atomic mass is 16.2. The fraction of sp³-hybridized carbons (Fsp3) is 0.273. The van der Waals surface area contributed by atoms with E-state index in [-0.39, 0.29) is 12.5 Å². The zero-order valence-electron chi connectivity index (χ0n) is 10.00. The van der Waals surface area contributed by atoms with E-state index in [0.717, 1.165) is 5.56 Å². The predicted molar refractivity (Wildman–Crippen MR) is 65.5 cm³/mol. The summed E-state index contributed by atoms with van der Waals surface area (Å²) in [5, 5.41) is 10.3. The predicted octanol–water partition coefficient (Wildman–Crippen LogP) is 0.0789. The Morgan fingerprint density at radius 2 is 2.39 bits per heavy atom. The van der Waals surface area contributed by atoms with Crippen LogP contribution in [0.1, 0.15) is 11.3 Å². The molecule has 7 heteroatoms. The number of hydrogen-bond acceptors (Lipinski definition) is 5. The minimum Gasteiger partial charge on any atom is -0.325 e. The van der Waals surface area contributed by atoms with Crippen molar-refractivity contribution in [3.63, 3.8) is 0 Å². The van der Waals surface area contributed by atoms with Crippen molar-refractivity contribution >= 4 is 11.7 Å². The quantitative estimate of drug-likeness (QED) is 0.796. The van der Waals surface area contributed by atoms with Gasteiger partial charge >= 0.3 is 0 Å². The minimum atomic E-state index is -0.203. The molecular formula is C11H14N6O. The highest BCUT2D eigenvalue weighted by molar-refractivity contribution is 5.90. The highest BCUT2D eigenvalue weighted by Gasteiger charge is 2.07. The number of aryl methyl sites for hydroxylation is 1. The molecule has 0 saturated heterocycles. The van der Waals surface area contributed by atoms with Crippen LogP contribution >= 0.6 is 0 Å². The van der Waals surface area contributed by atoms with E-state index in [4.69, 9.17) is 5.73 Å². The Morgan fingerprint density at radius 1 is 1.56 bits per heavy atom. The third-order valence-corrected chi connectivity index (χ3v) is 2.37. The third-order valence-electron chi connectivity index (χ3n) is 2.37. The second-order valence-electron chi connectivity index (χ2n) is 3.83. The number of nitrogens with zero attached hydrogens (tertiary/aromatic N) is 4. The van der Waals surface area contributed by atoms with Crippen LogP contribution in [0.5, 0.6) is 0 Å². The average Bonchev–Trinajstić information content (AvgIpc) is 2.80. The summed E-state index contributed by atoms with van der Waals surface area (Å²) < 4.78 is 1.44. The summed E-state index contributed by atoms with van der Waals surface area (Å²) >= 11 is 0. The molecule has 0 spiro atoms. The molecule has 1 amide bonds. The van der Waals surface area contributed by atoms with E-state index in [2.05, 4.69) is 20.6 Å². The van der Waals surface area contributed by atoms with Crippen LogP contribution in [0.25, 0.3) is 0 Å². The summed E-state index contributed by atoms with van der Waals surface area (Å²) in [5.74, 6) is 0.354. The molecule has 3 N–H and O–H groups in total. The van der Waals surface area contributed by atoms with E-state index < -0.39 is 0 Å². The fourth-order valence-corrected chi connectivity index (χ4v) is 1.44. The van der Waals surface area contributed by atoms with Gasteiger partial charge in [-0.3, -0.25) is 4.79 Å². The molecule has 2 heterocycles. The topological polar surface area (TPSA) is 98.7 Å². The molecule has 2 rings (SSSR count). The molecule has 18 heavy (non-hydrogen) atoms. The number of pyridine rings is 1. The summed E-state index contributed by atoms with van der Waals surface area (Å²) in [7, 11) is 0. The van der Waals surface area contributed by atoms with Crippen molar-refractivity contribution in [2.45, 2.75) is 20.0 Å². The first kappa shape index (κ1) is 12.2. The lowest BCUT2D eigenvalue weighted by atomic mass is 10.3. The lowest BCUT2D eigenvalue weighted by Gasteiger charge is -2.06. The molecule has 0 unspecified atom stereocenters. The van der Waals surface area contributed by atoms with Crippen molar-refractivity contribution in [1.29, 1.82) is 0 Å². The van der Waals surface area contributed by atoms with Gasteiger partial charge in [0.2, 0.25) is 5.91 Å². The SMILES string of the molecule is Cc1cccnc1NC(=O)Cn1cc(CN)nn1. The summed E-state index contributed by atoms with van der Waals surface area (Å²) in [6.07, 6.45) is 3.27. The van der Waals surface area contributed by atoms with E-state index in [0.29, 0.717) is 18.1 Å². The van der Waals surface area contributed by atoms with Gasteiger partial charge in [-0.05, 0) is 18.6 Å². The van der Waals surface area contributed by atoms with Gasteiger partial charge in [0.05, 0.1) is 11.9 Å². The van der Waals surface area contributed by atoms with Crippen LogP contribution in [0.15, 0.2) is 24.5 Å². The second kappa shape index (κ2) is 5.37. The minimum absolute atomic E-state index is 0.0863. The lowest BCUT2D eigenvalue weighted by Crippen LogP contribution is -2.20. The molecule has 94 valence electrons. The number of anilines is 1. The van der Waals surface area contributed by atoms with Gasteiger partial charge in [-0.25, -0.2) is 9.67 Å². The van der Waals surface area contributed by atoms with Gasteiger partial charge < -0.3 is 11.1 Å². The zero-order valence-corrected chi connectivity index (χ0v) is 10.00. The van der Waals surface area contributed by atoms with Gasteiger partial charge in [-0.15, -0.1) is 5.10 Å². The van der Waals surface area contributed by atoms with Crippen LogP contribution in [0, 0.1) is 6.92 Å². The Morgan fingerprint density at radius 3 is 3.06 bits per heavy atom. The maximum absolute atomic E-state index is 11.8. The van der Waals surface area contributed by atoms with E-state index in [1.807, 2.05) is 19.1 Å². The van der Waals surface area contributed by atoms with Crippen LogP contribution in [0.3, 0.4) is 0 Å². The molecule has 0 bridgehead atoms. The smallest absolute Gasteiger partial charge is 0.247 e. The van der Waals surface area contributed by atoms with Crippen molar-refractivity contribution in [1.82, 2.24) is 20.0 Å². The van der Waals surface area contributed by atoms with Crippen LogP contribution in [-0.4, -0.2) is 25.9 Å². The Kier molecular flexibility index (Phi) is 3.63. The molecule has 2 aromatic rings. The number of amides is 1. The van der Waals surface area contributed by atoms with E-state index >= 15 is 0 Å². The first-order chi connectivity index (χ1) is 8.69. The van der Waals surface area contributed by atoms with E-state index in [1.165, 1.54) is 4.68 Å². The Bertz CT molecular complexity index is 550. The largest absolute Gasteiger partial charge is 0.325 e. The van der Waals surface area contributed by atoms with Crippen LogP contribution in [-0.2, 0) is 17.9 Å². The average molecular weight is 246 g/mol.